The maximum Gasteiger partial charge on any atom is 0.255 e. The predicted octanol–water partition coefficient (Wildman–Crippen LogP) is 3.48. The second kappa shape index (κ2) is 7.97. The summed E-state index contributed by atoms with van der Waals surface area (Å²) in [5.74, 6) is 0.000196. The zero-order valence-corrected chi connectivity index (χ0v) is 14.6. The lowest BCUT2D eigenvalue weighted by atomic mass is 10.1. The summed E-state index contributed by atoms with van der Waals surface area (Å²) >= 11 is 0. The first-order valence-electron chi connectivity index (χ1n) is 8.86. The summed E-state index contributed by atoms with van der Waals surface area (Å²) in [7, 11) is 1.67. The molecule has 0 radical (unpaired) electrons. The molecule has 25 heavy (non-hydrogen) atoms. The van der Waals surface area contributed by atoms with Gasteiger partial charge in [-0.2, -0.15) is 0 Å². The van der Waals surface area contributed by atoms with Crippen molar-refractivity contribution < 1.29 is 4.79 Å². The van der Waals surface area contributed by atoms with Crippen LogP contribution in [-0.2, 0) is 7.05 Å². The fourth-order valence-corrected chi connectivity index (χ4v) is 3.26. The number of nitrogens with zero attached hydrogens (tertiary/aromatic N) is 2. The maximum absolute atomic E-state index is 13.0. The predicted molar refractivity (Wildman–Crippen MR) is 100 cm³/mol. The number of carbonyl (C=O) groups is 1. The van der Waals surface area contributed by atoms with E-state index < -0.39 is 0 Å². The molecular formula is C21H24N2O2. The average Bonchev–Trinajstić information content (AvgIpc) is 2.88. The van der Waals surface area contributed by atoms with Crippen molar-refractivity contribution in [3.63, 3.8) is 0 Å². The Morgan fingerprint density at radius 2 is 1.88 bits per heavy atom. The van der Waals surface area contributed by atoms with Crippen LogP contribution < -0.4 is 5.56 Å². The molecule has 3 rings (SSSR count). The molecule has 1 fully saturated rings. The van der Waals surface area contributed by atoms with E-state index in [9.17, 15) is 9.59 Å². The number of rotatable bonds is 3. The number of aryl methyl sites for hydroxylation is 1. The van der Waals surface area contributed by atoms with E-state index in [1.165, 1.54) is 10.6 Å². The van der Waals surface area contributed by atoms with Crippen LogP contribution in [0.5, 0.6) is 0 Å². The minimum Gasteiger partial charge on any atom is -0.332 e. The molecule has 1 aromatic heterocycles. The zero-order valence-electron chi connectivity index (χ0n) is 14.6. The van der Waals surface area contributed by atoms with Gasteiger partial charge in [-0.05, 0) is 24.5 Å². The number of aromatic nitrogens is 1. The van der Waals surface area contributed by atoms with Gasteiger partial charge in [0, 0.05) is 25.9 Å². The largest absolute Gasteiger partial charge is 0.332 e. The Labute approximate surface area is 148 Å². The van der Waals surface area contributed by atoms with Crippen molar-refractivity contribution >= 4 is 12.0 Å². The molecule has 0 aliphatic carbocycles. The van der Waals surface area contributed by atoms with Crippen LogP contribution >= 0.6 is 0 Å². The maximum atomic E-state index is 13.0. The molecule has 1 amide bonds. The fourth-order valence-electron chi connectivity index (χ4n) is 3.26. The minimum absolute atomic E-state index is 0.000196. The Morgan fingerprint density at radius 1 is 1.08 bits per heavy atom. The van der Waals surface area contributed by atoms with Gasteiger partial charge in [-0.25, -0.2) is 0 Å². The molecule has 1 saturated heterocycles. The van der Waals surface area contributed by atoms with Crippen LogP contribution in [0.15, 0.2) is 59.5 Å². The second-order valence-corrected chi connectivity index (χ2v) is 6.55. The third-order valence-electron chi connectivity index (χ3n) is 4.70. The lowest BCUT2D eigenvalue weighted by Crippen LogP contribution is -2.39. The van der Waals surface area contributed by atoms with Crippen molar-refractivity contribution in [2.75, 3.05) is 6.54 Å². The Balaban J connectivity index is 1.84. The third kappa shape index (κ3) is 4.27. The van der Waals surface area contributed by atoms with Crippen LogP contribution in [-0.4, -0.2) is 28.0 Å². The number of carbonyl (C=O) groups excluding carboxylic acids is 1. The topological polar surface area (TPSA) is 42.3 Å². The Kier molecular flexibility index (Phi) is 5.49. The van der Waals surface area contributed by atoms with E-state index >= 15 is 0 Å². The van der Waals surface area contributed by atoms with Crippen molar-refractivity contribution in [3.05, 3.63) is 76.2 Å². The Hall–Kier alpha value is -2.62. The van der Waals surface area contributed by atoms with E-state index in [1.807, 2.05) is 23.1 Å². The van der Waals surface area contributed by atoms with Crippen LogP contribution in [0, 0.1) is 0 Å². The molecule has 2 aromatic rings. The summed E-state index contributed by atoms with van der Waals surface area (Å²) in [5, 5.41) is 0. The summed E-state index contributed by atoms with van der Waals surface area (Å²) in [6, 6.07) is 13.3. The average molecular weight is 336 g/mol. The molecule has 1 aromatic carbocycles. The molecule has 4 nitrogen and oxygen atoms in total. The highest BCUT2D eigenvalue weighted by atomic mass is 16.2. The first-order chi connectivity index (χ1) is 12.1. The summed E-state index contributed by atoms with van der Waals surface area (Å²) in [4.78, 5) is 26.5. The molecule has 0 bridgehead atoms. The number of pyridine rings is 1. The number of hydrogen-bond donors (Lipinski definition) is 0. The van der Waals surface area contributed by atoms with Crippen LogP contribution in [0.4, 0.5) is 0 Å². The normalized spacial score (nSPS) is 18.3. The van der Waals surface area contributed by atoms with Gasteiger partial charge in [-0.1, -0.05) is 55.3 Å². The smallest absolute Gasteiger partial charge is 0.255 e. The van der Waals surface area contributed by atoms with Gasteiger partial charge in [-0.3, -0.25) is 9.59 Å². The van der Waals surface area contributed by atoms with Crippen molar-refractivity contribution in [1.82, 2.24) is 9.47 Å². The lowest BCUT2D eigenvalue weighted by molar-refractivity contribution is 0.0717. The van der Waals surface area contributed by atoms with Gasteiger partial charge in [0.2, 0.25) is 5.56 Å². The van der Waals surface area contributed by atoms with Crippen molar-refractivity contribution in [2.45, 2.75) is 31.7 Å². The van der Waals surface area contributed by atoms with E-state index in [1.54, 1.807) is 19.3 Å². The molecule has 1 aliphatic rings. The van der Waals surface area contributed by atoms with Crippen LogP contribution in [0.25, 0.3) is 6.08 Å². The second-order valence-electron chi connectivity index (χ2n) is 6.55. The molecule has 130 valence electrons. The molecule has 1 unspecified atom stereocenters. The first kappa shape index (κ1) is 17.2. The van der Waals surface area contributed by atoms with Crippen molar-refractivity contribution in [2.24, 2.45) is 7.05 Å². The summed E-state index contributed by atoms with van der Waals surface area (Å²) < 4.78 is 1.46. The number of likely N-dealkylation sites (tertiary alicyclic amines) is 1. The molecule has 0 spiro atoms. The summed E-state index contributed by atoms with van der Waals surface area (Å²) in [5.41, 5.74) is 1.61. The summed E-state index contributed by atoms with van der Waals surface area (Å²) in [6.07, 6.45) is 10.1. The van der Waals surface area contributed by atoms with Crippen molar-refractivity contribution in [3.8, 4) is 0 Å². The minimum atomic E-state index is -0.104. The van der Waals surface area contributed by atoms with Gasteiger partial charge in [0.1, 0.15) is 0 Å². The van der Waals surface area contributed by atoms with Crippen molar-refractivity contribution in [1.29, 1.82) is 0 Å². The molecule has 1 atom stereocenters. The molecule has 4 heteroatoms. The molecule has 0 N–H and O–H groups in total. The molecule has 2 heterocycles. The molecular weight excluding hydrogens is 312 g/mol. The number of amides is 1. The Bertz CT molecular complexity index is 808. The van der Waals surface area contributed by atoms with Crippen LogP contribution in [0.3, 0.4) is 0 Å². The van der Waals surface area contributed by atoms with E-state index in [2.05, 4.69) is 24.3 Å². The van der Waals surface area contributed by atoms with Gasteiger partial charge in [0.15, 0.2) is 0 Å². The van der Waals surface area contributed by atoms with E-state index in [0.29, 0.717) is 5.56 Å². The highest BCUT2D eigenvalue weighted by Crippen LogP contribution is 2.21. The van der Waals surface area contributed by atoms with E-state index in [4.69, 9.17) is 0 Å². The quantitative estimate of drug-likeness (QED) is 0.861. The standard InChI is InChI=1S/C21H24N2O2/c1-22-16-18(12-14-20(22)24)21(25)23-15-7-3-6-10-19(23)13-11-17-8-4-2-5-9-17/h2,4-5,8-9,11-14,16,19H,3,6-7,10,15H2,1H3/b13-11+. The fraction of sp³-hybridized carbons (Fsp3) is 0.333. The number of hydrogen-bond acceptors (Lipinski definition) is 2. The van der Waals surface area contributed by atoms with Gasteiger partial charge < -0.3 is 9.47 Å². The third-order valence-corrected chi connectivity index (χ3v) is 4.70. The van der Waals surface area contributed by atoms with Crippen LogP contribution in [0.1, 0.15) is 41.6 Å². The van der Waals surface area contributed by atoms with Gasteiger partial charge in [0.05, 0.1) is 11.6 Å². The highest BCUT2D eigenvalue weighted by molar-refractivity contribution is 5.94. The monoisotopic (exact) mass is 336 g/mol. The van der Waals surface area contributed by atoms with E-state index in [-0.39, 0.29) is 17.5 Å². The van der Waals surface area contributed by atoms with E-state index in [0.717, 1.165) is 37.8 Å². The molecule has 0 saturated carbocycles. The Morgan fingerprint density at radius 3 is 2.64 bits per heavy atom. The SMILES string of the molecule is Cn1cc(C(=O)N2CCCCCC2/C=C/c2ccccc2)ccc1=O. The number of benzene rings is 1. The summed E-state index contributed by atoms with van der Waals surface area (Å²) in [6.45, 7) is 0.755. The van der Waals surface area contributed by atoms with Gasteiger partial charge >= 0.3 is 0 Å². The first-order valence-corrected chi connectivity index (χ1v) is 8.86. The van der Waals surface area contributed by atoms with Crippen LogP contribution in [0.2, 0.25) is 0 Å². The highest BCUT2D eigenvalue weighted by Gasteiger charge is 2.24. The lowest BCUT2D eigenvalue weighted by Gasteiger charge is -2.28. The molecule has 1 aliphatic heterocycles. The van der Waals surface area contributed by atoms with Gasteiger partial charge in [0.25, 0.3) is 5.91 Å². The zero-order chi connectivity index (χ0) is 17.6. The van der Waals surface area contributed by atoms with Gasteiger partial charge in [-0.15, -0.1) is 0 Å².